The second-order valence-corrected chi connectivity index (χ2v) is 3.77. The van der Waals surface area contributed by atoms with Crippen LogP contribution in [0.25, 0.3) is 0 Å². The Morgan fingerprint density at radius 3 is 2.50 bits per heavy atom. The number of carbonyl (C=O) groups is 1. The second kappa shape index (κ2) is 4.14. The first-order valence-electron chi connectivity index (χ1n) is 5.04. The Kier molecular flexibility index (Phi) is 2.83. The molecule has 1 heterocycles. The molecule has 4 nitrogen and oxygen atoms in total. The summed E-state index contributed by atoms with van der Waals surface area (Å²) in [5, 5.41) is 0. The molecule has 0 spiro atoms. The summed E-state index contributed by atoms with van der Waals surface area (Å²) in [6, 6.07) is 7.45. The molecular weight excluding hydrogens is 208 g/mol. The maximum absolute atomic E-state index is 11.8. The lowest BCUT2D eigenvalue weighted by Crippen LogP contribution is -2.53. The monoisotopic (exact) mass is 222 g/mol. The molecule has 1 aromatic rings. The van der Waals surface area contributed by atoms with Crippen LogP contribution in [0.5, 0.6) is 5.75 Å². The Hall–Kier alpha value is -1.55. The predicted octanol–water partition coefficient (Wildman–Crippen LogP) is 1.14. The number of para-hydroxylation sites is 1. The number of esters is 1. The van der Waals surface area contributed by atoms with Gasteiger partial charge in [-0.1, -0.05) is 18.2 Å². The lowest BCUT2D eigenvalue weighted by Gasteiger charge is -2.39. The van der Waals surface area contributed by atoms with Crippen LogP contribution in [0.4, 0.5) is 0 Å². The molecule has 0 atom stereocenters. The summed E-state index contributed by atoms with van der Waals surface area (Å²) in [4.78, 5) is 11.8. The van der Waals surface area contributed by atoms with Crippen LogP contribution in [-0.2, 0) is 19.7 Å². The highest BCUT2D eigenvalue weighted by molar-refractivity contribution is 5.85. The molecule has 0 radical (unpaired) electrons. The summed E-state index contributed by atoms with van der Waals surface area (Å²) in [5.74, 6) is 0.416. The van der Waals surface area contributed by atoms with Gasteiger partial charge in [0.1, 0.15) is 11.2 Å². The first-order chi connectivity index (χ1) is 7.74. The molecule has 0 saturated carbocycles. The van der Waals surface area contributed by atoms with E-state index in [-0.39, 0.29) is 5.97 Å². The molecule has 1 aliphatic heterocycles. The molecule has 0 N–H and O–H groups in total. The normalized spacial score (nSPS) is 17.4. The molecule has 1 fully saturated rings. The molecule has 0 bridgehead atoms. The van der Waals surface area contributed by atoms with Gasteiger partial charge in [-0.15, -0.1) is 0 Å². The summed E-state index contributed by atoms with van der Waals surface area (Å²) in [6.07, 6.45) is 0. The van der Waals surface area contributed by atoms with Crippen molar-refractivity contribution in [1.29, 1.82) is 0 Å². The van der Waals surface area contributed by atoms with Crippen molar-refractivity contribution in [3.05, 3.63) is 29.8 Å². The maximum Gasteiger partial charge on any atom is 0.321 e. The van der Waals surface area contributed by atoms with Crippen LogP contribution in [0.1, 0.15) is 5.56 Å². The standard InChI is InChI=1S/C12H14O4/c1-14-10-6-4-3-5-9(10)12(7-16-8-12)11(13)15-2/h3-6H,7-8H2,1-2H3. The van der Waals surface area contributed by atoms with Gasteiger partial charge in [0.25, 0.3) is 0 Å². The van der Waals surface area contributed by atoms with Gasteiger partial charge >= 0.3 is 5.97 Å². The molecular formula is C12H14O4. The number of hydrogen-bond acceptors (Lipinski definition) is 4. The fourth-order valence-electron chi connectivity index (χ4n) is 1.92. The van der Waals surface area contributed by atoms with Crippen molar-refractivity contribution < 1.29 is 19.0 Å². The lowest BCUT2D eigenvalue weighted by molar-refractivity contribution is -0.166. The second-order valence-electron chi connectivity index (χ2n) is 3.77. The van der Waals surface area contributed by atoms with E-state index < -0.39 is 5.41 Å². The van der Waals surface area contributed by atoms with Crippen LogP contribution in [0.15, 0.2) is 24.3 Å². The number of ether oxygens (including phenoxy) is 3. The van der Waals surface area contributed by atoms with E-state index in [2.05, 4.69) is 0 Å². The Balaban J connectivity index is 2.44. The van der Waals surface area contributed by atoms with E-state index in [1.54, 1.807) is 7.11 Å². The molecule has 1 aromatic carbocycles. The first kappa shape index (κ1) is 11.0. The zero-order chi connectivity index (χ0) is 11.6. The fourth-order valence-corrected chi connectivity index (χ4v) is 1.92. The lowest BCUT2D eigenvalue weighted by atomic mass is 9.78. The van der Waals surface area contributed by atoms with E-state index >= 15 is 0 Å². The van der Waals surface area contributed by atoms with Gasteiger partial charge < -0.3 is 14.2 Å². The van der Waals surface area contributed by atoms with E-state index in [1.807, 2.05) is 24.3 Å². The highest BCUT2D eigenvalue weighted by Gasteiger charge is 2.50. The van der Waals surface area contributed by atoms with Gasteiger partial charge in [-0.2, -0.15) is 0 Å². The highest BCUT2D eigenvalue weighted by Crippen LogP contribution is 2.38. The molecule has 0 amide bonds. The minimum Gasteiger partial charge on any atom is -0.496 e. The summed E-state index contributed by atoms with van der Waals surface area (Å²) in [7, 11) is 2.97. The van der Waals surface area contributed by atoms with Gasteiger partial charge in [0, 0.05) is 5.56 Å². The van der Waals surface area contributed by atoms with E-state index in [9.17, 15) is 4.79 Å². The van der Waals surface area contributed by atoms with E-state index in [1.165, 1.54) is 7.11 Å². The zero-order valence-corrected chi connectivity index (χ0v) is 9.36. The van der Waals surface area contributed by atoms with Crippen LogP contribution in [0, 0.1) is 0 Å². The van der Waals surface area contributed by atoms with Gasteiger partial charge in [0.05, 0.1) is 27.4 Å². The van der Waals surface area contributed by atoms with Crippen molar-refractivity contribution in [3.63, 3.8) is 0 Å². The first-order valence-corrected chi connectivity index (χ1v) is 5.04. The molecule has 0 aromatic heterocycles. The SMILES string of the molecule is COC(=O)C1(c2ccccc2OC)COC1. The van der Waals surface area contributed by atoms with Gasteiger partial charge in [-0.3, -0.25) is 4.79 Å². The Bertz CT molecular complexity index is 396. The summed E-state index contributed by atoms with van der Waals surface area (Å²) in [6.45, 7) is 0.695. The third kappa shape index (κ3) is 1.46. The maximum atomic E-state index is 11.8. The van der Waals surface area contributed by atoms with E-state index in [0.717, 1.165) is 5.56 Å². The van der Waals surface area contributed by atoms with Crippen molar-refractivity contribution in [1.82, 2.24) is 0 Å². The minimum absolute atomic E-state index is 0.275. The quantitative estimate of drug-likeness (QED) is 0.719. The van der Waals surface area contributed by atoms with Gasteiger partial charge in [-0.25, -0.2) is 0 Å². The topological polar surface area (TPSA) is 44.8 Å². The predicted molar refractivity (Wildman–Crippen MR) is 57.5 cm³/mol. The third-order valence-electron chi connectivity index (χ3n) is 2.90. The average molecular weight is 222 g/mol. The molecule has 86 valence electrons. The average Bonchev–Trinajstić information content (AvgIpc) is 2.28. The van der Waals surface area contributed by atoms with Crippen LogP contribution in [0.2, 0.25) is 0 Å². The molecule has 0 unspecified atom stereocenters. The van der Waals surface area contributed by atoms with Crippen molar-refractivity contribution in [2.45, 2.75) is 5.41 Å². The molecule has 2 rings (SSSR count). The summed E-state index contributed by atoms with van der Waals surface area (Å²) in [5.41, 5.74) is 0.136. The van der Waals surface area contributed by atoms with Crippen molar-refractivity contribution >= 4 is 5.97 Å². The number of benzene rings is 1. The van der Waals surface area contributed by atoms with Crippen molar-refractivity contribution in [2.75, 3.05) is 27.4 Å². The van der Waals surface area contributed by atoms with Crippen LogP contribution < -0.4 is 4.74 Å². The third-order valence-corrected chi connectivity index (χ3v) is 2.90. The number of carbonyl (C=O) groups excluding carboxylic acids is 1. The molecule has 16 heavy (non-hydrogen) atoms. The van der Waals surface area contributed by atoms with Crippen molar-refractivity contribution in [3.8, 4) is 5.75 Å². The molecule has 1 aliphatic rings. The largest absolute Gasteiger partial charge is 0.496 e. The highest BCUT2D eigenvalue weighted by atomic mass is 16.5. The number of hydrogen-bond donors (Lipinski definition) is 0. The van der Waals surface area contributed by atoms with Gasteiger partial charge in [-0.05, 0) is 6.07 Å². The van der Waals surface area contributed by atoms with E-state index in [0.29, 0.717) is 19.0 Å². The minimum atomic E-state index is -0.693. The van der Waals surface area contributed by atoms with Crippen LogP contribution in [-0.4, -0.2) is 33.4 Å². The van der Waals surface area contributed by atoms with Crippen LogP contribution in [0.3, 0.4) is 0 Å². The Morgan fingerprint density at radius 1 is 1.31 bits per heavy atom. The van der Waals surface area contributed by atoms with E-state index in [4.69, 9.17) is 14.2 Å². The fraction of sp³-hybridized carbons (Fsp3) is 0.417. The zero-order valence-electron chi connectivity index (χ0n) is 9.36. The smallest absolute Gasteiger partial charge is 0.321 e. The summed E-state index contributed by atoms with van der Waals surface area (Å²) >= 11 is 0. The Morgan fingerprint density at radius 2 is 2.00 bits per heavy atom. The van der Waals surface area contributed by atoms with Gasteiger partial charge in [0.15, 0.2) is 0 Å². The Labute approximate surface area is 94.1 Å². The molecule has 0 aliphatic carbocycles. The molecule has 1 saturated heterocycles. The van der Waals surface area contributed by atoms with Crippen molar-refractivity contribution in [2.24, 2.45) is 0 Å². The number of rotatable bonds is 3. The number of methoxy groups -OCH3 is 2. The molecule has 4 heteroatoms. The summed E-state index contributed by atoms with van der Waals surface area (Å²) < 4.78 is 15.3. The van der Waals surface area contributed by atoms with Crippen LogP contribution >= 0.6 is 0 Å². The van der Waals surface area contributed by atoms with Gasteiger partial charge in [0.2, 0.25) is 0 Å².